The Morgan fingerprint density at radius 3 is 2.33 bits per heavy atom. The second kappa shape index (κ2) is 4.94. The van der Waals surface area contributed by atoms with E-state index >= 15 is 0 Å². The van der Waals surface area contributed by atoms with Gasteiger partial charge in [0.2, 0.25) is 10.0 Å². The molecule has 0 saturated carbocycles. The standard InChI is InChI=1S/C5H12N2O4S/c6-5(8)11-3-1-2-4-12(7,9)10/h1-4H2,(H2,6,8)(H2,7,9,10). The van der Waals surface area contributed by atoms with Crippen LogP contribution in [0.25, 0.3) is 0 Å². The van der Waals surface area contributed by atoms with Crippen molar-refractivity contribution in [1.82, 2.24) is 0 Å². The average molecular weight is 196 g/mol. The molecule has 0 unspecified atom stereocenters. The van der Waals surface area contributed by atoms with Crippen LogP contribution in [0, 0.1) is 0 Å². The molecular formula is C5H12N2O4S. The maximum absolute atomic E-state index is 10.4. The Kier molecular flexibility index (Phi) is 4.60. The van der Waals surface area contributed by atoms with Gasteiger partial charge in [0.05, 0.1) is 12.4 Å². The first-order valence-electron chi connectivity index (χ1n) is 3.34. The number of rotatable bonds is 5. The molecule has 0 aliphatic carbocycles. The number of amides is 1. The fraction of sp³-hybridized carbons (Fsp3) is 0.800. The summed E-state index contributed by atoms with van der Waals surface area (Å²) in [5.41, 5.74) is 4.66. The molecule has 12 heavy (non-hydrogen) atoms. The normalized spacial score (nSPS) is 11.1. The number of primary amides is 1. The van der Waals surface area contributed by atoms with Crippen molar-refractivity contribution in [3.05, 3.63) is 0 Å². The highest BCUT2D eigenvalue weighted by atomic mass is 32.2. The van der Waals surface area contributed by atoms with E-state index in [2.05, 4.69) is 10.5 Å². The largest absolute Gasteiger partial charge is 0.450 e. The topological polar surface area (TPSA) is 112 Å². The van der Waals surface area contributed by atoms with Gasteiger partial charge in [-0.05, 0) is 12.8 Å². The quantitative estimate of drug-likeness (QED) is 0.557. The van der Waals surface area contributed by atoms with Gasteiger partial charge in [-0.1, -0.05) is 0 Å². The van der Waals surface area contributed by atoms with E-state index in [0.717, 1.165) is 0 Å². The molecular weight excluding hydrogens is 184 g/mol. The second-order valence-electron chi connectivity index (χ2n) is 2.24. The van der Waals surface area contributed by atoms with Crippen molar-refractivity contribution in [3.8, 4) is 0 Å². The van der Waals surface area contributed by atoms with Gasteiger partial charge >= 0.3 is 6.09 Å². The number of nitrogens with two attached hydrogens (primary N) is 2. The van der Waals surface area contributed by atoms with E-state index in [1.54, 1.807) is 0 Å². The van der Waals surface area contributed by atoms with E-state index in [9.17, 15) is 13.2 Å². The van der Waals surface area contributed by atoms with Crippen LogP contribution in [0.4, 0.5) is 4.79 Å². The van der Waals surface area contributed by atoms with Gasteiger partial charge in [0, 0.05) is 0 Å². The maximum atomic E-state index is 10.4. The number of primary sulfonamides is 1. The zero-order valence-corrected chi connectivity index (χ0v) is 7.34. The highest BCUT2D eigenvalue weighted by Gasteiger charge is 2.01. The van der Waals surface area contributed by atoms with Crippen molar-refractivity contribution >= 4 is 16.1 Å². The summed E-state index contributed by atoms with van der Waals surface area (Å²) >= 11 is 0. The summed E-state index contributed by atoms with van der Waals surface area (Å²) in [6.07, 6.45) is -0.0449. The molecule has 0 atom stereocenters. The maximum Gasteiger partial charge on any atom is 0.404 e. The summed E-state index contributed by atoms with van der Waals surface area (Å²) in [5.74, 6) is -0.102. The van der Waals surface area contributed by atoms with Gasteiger partial charge < -0.3 is 10.5 Å². The van der Waals surface area contributed by atoms with Gasteiger partial charge in [-0.15, -0.1) is 0 Å². The fourth-order valence-electron chi connectivity index (χ4n) is 0.578. The van der Waals surface area contributed by atoms with Crippen LogP contribution in [0.5, 0.6) is 0 Å². The molecule has 1 amide bonds. The van der Waals surface area contributed by atoms with Crippen molar-refractivity contribution in [3.63, 3.8) is 0 Å². The number of hydrogen-bond donors (Lipinski definition) is 2. The number of ether oxygens (including phenoxy) is 1. The molecule has 0 saturated heterocycles. The summed E-state index contributed by atoms with van der Waals surface area (Å²) < 4.78 is 25.1. The van der Waals surface area contributed by atoms with E-state index in [0.29, 0.717) is 12.8 Å². The summed E-state index contributed by atoms with van der Waals surface area (Å²) in [7, 11) is -3.40. The highest BCUT2D eigenvalue weighted by molar-refractivity contribution is 7.89. The molecule has 7 heteroatoms. The highest BCUT2D eigenvalue weighted by Crippen LogP contribution is 1.92. The van der Waals surface area contributed by atoms with Crippen LogP contribution in [0.2, 0.25) is 0 Å². The van der Waals surface area contributed by atoms with E-state index in [4.69, 9.17) is 5.14 Å². The van der Waals surface area contributed by atoms with Gasteiger partial charge in [-0.25, -0.2) is 18.4 Å². The average Bonchev–Trinajstić information content (AvgIpc) is 1.83. The van der Waals surface area contributed by atoms with E-state index < -0.39 is 16.1 Å². The third kappa shape index (κ3) is 9.18. The smallest absolute Gasteiger partial charge is 0.404 e. The number of carbonyl (C=O) groups is 1. The minimum Gasteiger partial charge on any atom is -0.450 e. The molecule has 0 radical (unpaired) electrons. The Bertz CT molecular complexity index is 236. The Morgan fingerprint density at radius 2 is 1.92 bits per heavy atom. The van der Waals surface area contributed by atoms with Crippen LogP contribution in [-0.4, -0.2) is 26.9 Å². The van der Waals surface area contributed by atoms with Gasteiger partial charge in [0.25, 0.3) is 0 Å². The zero-order valence-electron chi connectivity index (χ0n) is 6.52. The number of unbranched alkanes of at least 4 members (excludes halogenated alkanes) is 1. The minimum atomic E-state index is -3.40. The van der Waals surface area contributed by atoms with Crippen LogP contribution >= 0.6 is 0 Å². The lowest BCUT2D eigenvalue weighted by Crippen LogP contribution is -2.18. The summed E-state index contributed by atoms with van der Waals surface area (Å²) in [6.45, 7) is 0.130. The molecule has 0 aliphatic rings. The first-order valence-corrected chi connectivity index (χ1v) is 5.06. The predicted octanol–water partition coefficient (Wildman–Crippen LogP) is -0.850. The Morgan fingerprint density at radius 1 is 1.33 bits per heavy atom. The number of sulfonamides is 1. The molecule has 0 bridgehead atoms. The molecule has 0 aromatic heterocycles. The first-order chi connectivity index (χ1) is 5.42. The lowest BCUT2D eigenvalue weighted by Gasteiger charge is -1.99. The van der Waals surface area contributed by atoms with Crippen molar-refractivity contribution in [1.29, 1.82) is 0 Å². The molecule has 0 heterocycles. The van der Waals surface area contributed by atoms with Crippen LogP contribution in [-0.2, 0) is 14.8 Å². The van der Waals surface area contributed by atoms with Crippen LogP contribution in [0.3, 0.4) is 0 Å². The predicted molar refractivity (Wildman–Crippen MR) is 42.7 cm³/mol. The number of carbonyl (C=O) groups excluding carboxylic acids is 1. The molecule has 72 valence electrons. The molecule has 0 fully saturated rings. The van der Waals surface area contributed by atoms with Crippen molar-refractivity contribution in [2.75, 3.05) is 12.4 Å². The van der Waals surface area contributed by atoms with E-state index in [-0.39, 0.29) is 12.4 Å². The van der Waals surface area contributed by atoms with Crippen molar-refractivity contribution < 1.29 is 17.9 Å². The molecule has 0 spiro atoms. The molecule has 0 aliphatic heterocycles. The summed E-state index contributed by atoms with van der Waals surface area (Å²) in [5, 5.41) is 4.72. The third-order valence-corrected chi connectivity index (χ3v) is 1.93. The molecule has 0 aromatic rings. The summed E-state index contributed by atoms with van der Waals surface area (Å²) in [6, 6.07) is 0. The molecule has 0 aromatic carbocycles. The van der Waals surface area contributed by atoms with Crippen LogP contribution < -0.4 is 10.9 Å². The molecule has 6 nitrogen and oxygen atoms in total. The van der Waals surface area contributed by atoms with Gasteiger partial charge in [-0.3, -0.25) is 0 Å². The SMILES string of the molecule is NC(=O)OCCCCS(N)(=O)=O. The Hall–Kier alpha value is -0.820. The fourth-order valence-corrected chi connectivity index (χ4v) is 1.18. The summed E-state index contributed by atoms with van der Waals surface area (Å²) in [4.78, 5) is 10.0. The molecule has 4 N–H and O–H groups in total. The zero-order chi connectivity index (χ0) is 9.61. The lowest BCUT2D eigenvalue weighted by molar-refractivity contribution is 0.155. The van der Waals surface area contributed by atoms with E-state index in [1.807, 2.05) is 0 Å². The Labute approximate surface area is 70.9 Å². The monoisotopic (exact) mass is 196 g/mol. The lowest BCUT2D eigenvalue weighted by atomic mass is 10.4. The van der Waals surface area contributed by atoms with Gasteiger partial charge in [0.15, 0.2) is 0 Å². The van der Waals surface area contributed by atoms with Crippen LogP contribution in [0.1, 0.15) is 12.8 Å². The molecule has 0 rings (SSSR count). The van der Waals surface area contributed by atoms with Gasteiger partial charge in [0.1, 0.15) is 0 Å². The second-order valence-corrected chi connectivity index (χ2v) is 3.98. The Balaban J connectivity index is 3.29. The van der Waals surface area contributed by atoms with Crippen molar-refractivity contribution in [2.45, 2.75) is 12.8 Å². The first kappa shape index (κ1) is 11.2. The van der Waals surface area contributed by atoms with Crippen LogP contribution in [0.15, 0.2) is 0 Å². The number of hydrogen-bond acceptors (Lipinski definition) is 4. The third-order valence-electron chi connectivity index (χ3n) is 1.07. The van der Waals surface area contributed by atoms with Gasteiger partial charge in [-0.2, -0.15) is 0 Å². The minimum absolute atomic E-state index is 0.102. The van der Waals surface area contributed by atoms with E-state index in [1.165, 1.54) is 0 Å². The van der Waals surface area contributed by atoms with Crippen molar-refractivity contribution in [2.24, 2.45) is 10.9 Å².